The van der Waals surface area contributed by atoms with Gasteiger partial charge in [-0.1, -0.05) is 26.0 Å². The van der Waals surface area contributed by atoms with Crippen LogP contribution in [0, 0.1) is 10.1 Å². The number of hydrogen-bond donors (Lipinski definition) is 0. The summed E-state index contributed by atoms with van der Waals surface area (Å²) in [7, 11) is 0. The maximum Gasteiger partial charge on any atom is 0.271 e. The van der Waals surface area contributed by atoms with Gasteiger partial charge in [-0.05, 0) is 41.9 Å². The van der Waals surface area contributed by atoms with Gasteiger partial charge in [0.25, 0.3) is 11.2 Å². The highest BCUT2D eigenvalue weighted by Gasteiger charge is 2.25. The third-order valence-electron chi connectivity index (χ3n) is 5.74. The number of hydrogen-bond acceptors (Lipinski definition) is 6. The molecule has 7 nitrogen and oxygen atoms in total. The van der Waals surface area contributed by atoms with Crippen molar-refractivity contribution in [3.63, 3.8) is 0 Å². The lowest BCUT2D eigenvalue weighted by atomic mass is 9.99. The van der Waals surface area contributed by atoms with E-state index in [1.165, 1.54) is 34.6 Å². The molecule has 4 aromatic rings. The Hall–Kier alpha value is -3.13. The lowest BCUT2D eigenvalue weighted by Crippen LogP contribution is -2.20. The van der Waals surface area contributed by atoms with Crippen molar-refractivity contribution in [3.8, 4) is 0 Å². The van der Waals surface area contributed by atoms with Crippen LogP contribution in [0.2, 0.25) is 0 Å². The molecule has 0 fully saturated rings. The number of benzene rings is 1. The van der Waals surface area contributed by atoms with Crippen LogP contribution in [0.3, 0.4) is 0 Å². The van der Waals surface area contributed by atoms with Crippen LogP contribution in [0.25, 0.3) is 20.4 Å². The molecule has 0 unspecified atom stereocenters. The highest BCUT2D eigenvalue weighted by Crippen LogP contribution is 2.39. The Kier molecular flexibility index (Phi) is 4.39. The summed E-state index contributed by atoms with van der Waals surface area (Å²) in [6.45, 7) is 4.64. The van der Waals surface area contributed by atoms with Gasteiger partial charge in [0.05, 0.1) is 23.3 Å². The molecule has 0 spiro atoms. The van der Waals surface area contributed by atoms with Crippen LogP contribution in [0.5, 0.6) is 0 Å². The normalized spacial score (nSPS) is 13.4. The Labute approximate surface area is 176 Å². The highest BCUT2D eigenvalue weighted by molar-refractivity contribution is 7.25. The van der Waals surface area contributed by atoms with E-state index in [4.69, 9.17) is 4.98 Å². The second-order valence-corrected chi connectivity index (χ2v) is 9.02. The van der Waals surface area contributed by atoms with Crippen molar-refractivity contribution in [1.82, 2.24) is 14.5 Å². The van der Waals surface area contributed by atoms with Crippen LogP contribution >= 0.6 is 11.3 Å². The first-order valence-electron chi connectivity index (χ1n) is 10.0. The molecule has 1 aliphatic rings. The summed E-state index contributed by atoms with van der Waals surface area (Å²) >= 11 is 1.42. The number of thiophene rings is 1. The van der Waals surface area contributed by atoms with Gasteiger partial charge < -0.3 is 0 Å². The second kappa shape index (κ2) is 6.98. The molecule has 0 atom stereocenters. The molecule has 8 heteroatoms. The van der Waals surface area contributed by atoms with Gasteiger partial charge in [-0.15, -0.1) is 11.3 Å². The average molecular weight is 420 g/mol. The topological polar surface area (TPSA) is 90.9 Å². The molecule has 30 heavy (non-hydrogen) atoms. The van der Waals surface area contributed by atoms with Crippen molar-refractivity contribution in [3.05, 3.63) is 73.4 Å². The molecule has 152 valence electrons. The zero-order valence-corrected chi connectivity index (χ0v) is 17.5. The minimum absolute atomic E-state index is 0.0325. The fourth-order valence-corrected chi connectivity index (χ4v) is 5.44. The van der Waals surface area contributed by atoms with Crippen LogP contribution in [-0.4, -0.2) is 19.5 Å². The Morgan fingerprint density at radius 3 is 2.63 bits per heavy atom. The molecule has 5 rings (SSSR count). The lowest BCUT2D eigenvalue weighted by Gasteiger charge is -2.11. The number of nitrogens with zero attached hydrogens (tertiary/aromatic N) is 4. The van der Waals surface area contributed by atoms with Gasteiger partial charge in [0.15, 0.2) is 0 Å². The van der Waals surface area contributed by atoms with Gasteiger partial charge in [-0.25, -0.2) is 9.97 Å². The summed E-state index contributed by atoms with van der Waals surface area (Å²) in [5.41, 5.74) is 5.30. The smallest absolute Gasteiger partial charge is 0.271 e. The van der Waals surface area contributed by atoms with Crippen LogP contribution in [0.1, 0.15) is 48.6 Å². The standard InChI is InChI=1S/C22H20N4O3S/c1-12(2)18-16-5-3-4-15(16)17-19-20(30-21(17)24-18)22(27)25(11-23-19)10-13-6-8-14(9-7-13)26(28)29/h6-9,11-12H,3-5,10H2,1-2H3. The third-order valence-corrected chi connectivity index (χ3v) is 6.80. The van der Waals surface area contributed by atoms with E-state index < -0.39 is 4.92 Å². The van der Waals surface area contributed by atoms with E-state index in [1.807, 2.05) is 0 Å². The highest BCUT2D eigenvalue weighted by atomic mass is 32.1. The zero-order chi connectivity index (χ0) is 21.0. The number of fused-ring (bicyclic) bond motifs is 5. The molecule has 0 N–H and O–H groups in total. The molecular weight excluding hydrogens is 400 g/mol. The number of aromatic nitrogens is 3. The van der Waals surface area contributed by atoms with Crippen LogP contribution in [0.15, 0.2) is 35.4 Å². The first kappa shape index (κ1) is 18.9. The number of rotatable bonds is 4. The van der Waals surface area contributed by atoms with Crippen molar-refractivity contribution in [2.24, 2.45) is 0 Å². The number of pyridine rings is 1. The van der Waals surface area contributed by atoms with Crippen molar-refractivity contribution < 1.29 is 4.92 Å². The van der Waals surface area contributed by atoms with Gasteiger partial charge in [0.1, 0.15) is 9.53 Å². The van der Waals surface area contributed by atoms with Gasteiger partial charge in [0.2, 0.25) is 0 Å². The molecule has 0 saturated heterocycles. The fourth-order valence-electron chi connectivity index (χ4n) is 4.33. The summed E-state index contributed by atoms with van der Waals surface area (Å²) in [5.74, 6) is 0.346. The zero-order valence-electron chi connectivity index (χ0n) is 16.7. The van der Waals surface area contributed by atoms with Crippen LogP contribution in [0.4, 0.5) is 5.69 Å². The number of aryl methyl sites for hydroxylation is 1. The van der Waals surface area contributed by atoms with Gasteiger partial charge in [-0.3, -0.25) is 19.5 Å². The van der Waals surface area contributed by atoms with Gasteiger partial charge in [0, 0.05) is 23.2 Å². The fraction of sp³-hybridized carbons (Fsp3) is 0.318. The largest absolute Gasteiger partial charge is 0.294 e. The predicted octanol–water partition coefficient (Wildman–Crippen LogP) is 4.57. The summed E-state index contributed by atoms with van der Waals surface area (Å²) < 4.78 is 2.18. The second-order valence-electron chi connectivity index (χ2n) is 8.02. The first-order chi connectivity index (χ1) is 14.4. The van der Waals surface area contributed by atoms with Crippen molar-refractivity contribution in [1.29, 1.82) is 0 Å². The number of nitro groups is 1. The van der Waals surface area contributed by atoms with E-state index in [1.54, 1.807) is 23.0 Å². The molecular formula is C22H20N4O3S. The van der Waals surface area contributed by atoms with E-state index in [-0.39, 0.29) is 11.2 Å². The molecule has 3 aromatic heterocycles. The van der Waals surface area contributed by atoms with Crippen molar-refractivity contribution >= 4 is 37.5 Å². The van der Waals surface area contributed by atoms with Crippen LogP contribution in [-0.2, 0) is 19.4 Å². The van der Waals surface area contributed by atoms with Gasteiger partial charge >= 0.3 is 0 Å². The molecule has 1 aliphatic carbocycles. The summed E-state index contributed by atoms with van der Waals surface area (Å²) in [5, 5.41) is 11.9. The Bertz CT molecular complexity index is 1370. The van der Waals surface area contributed by atoms with Crippen LogP contribution < -0.4 is 5.56 Å². The maximum atomic E-state index is 13.2. The minimum Gasteiger partial charge on any atom is -0.294 e. The van der Waals surface area contributed by atoms with E-state index in [2.05, 4.69) is 18.8 Å². The summed E-state index contributed by atoms with van der Waals surface area (Å²) in [4.78, 5) is 34.1. The Morgan fingerprint density at radius 1 is 1.20 bits per heavy atom. The van der Waals surface area contributed by atoms with E-state index in [0.717, 1.165) is 46.3 Å². The molecule has 0 saturated carbocycles. The third kappa shape index (κ3) is 2.90. The molecule has 3 heterocycles. The SMILES string of the molecule is CC(C)c1nc2sc3c(=O)n(Cc4ccc([N+](=O)[O-])cc4)cnc3c2c2c1CCC2. The molecule has 0 aliphatic heterocycles. The monoisotopic (exact) mass is 420 g/mol. The quantitative estimate of drug-likeness (QED) is 0.356. The number of nitro benzene ring substituents is 1. The minimum atomic E-state index is -0.433. The summed E-state index contributed by atoms with van der Waals surface area (Å²) in [6.07, 6.45) is 4.74. The predicted molar refractivity (Wildman–Crippen MR) is 117 cm³/mol. The van der Waals surface area contributed by atoms with Gasteiger partial charge in [-0.2, -0.15) is 0 Å². The van der Waals surface area contributed by atoms with Crippen molar-refractivity contribution in [2.45, 2.75) is 45.6 Å². The van der Waals surface area contributed by atoms with E-state index >= 15 is 0 Å². The molecule has 0 radical (unpaired) electrons. The first-order valence-corrected chi connectivity index (χ1v) is 10.8. The average Bonchev–Trinajstić information content (AvgIpc) is 3.34. The van der Waals surface area contributed by atoms with Crippen molar-refractivity contribution in [2.75, 3.05) is 0 Å². The lowest BCUT2D eigenvalue weighted by molar-refractivity contribution is -0.384. The van der Waals surface area contributed by atoms with E-state index in [9.17, 15) is 14.9 Å². The Balaban J connectivity index is 1.63. The molecule has 0 bridgehead atoms. The summed E-state index contributed by atoms with van der Waals surface area (Å²) in [6, 6.07) is 6.24. The number of non-ortho nitro benzene ring substituents is 1. The molecule has 1 aromatic carbocycles. The Morgan fingerprint density at radius 2 is 1.93 bits per heavy atom. The van der Waals surface area contributed by atoms with E-state index in [0.29, 0.717) is 17.2 Å². The maximum absolute atomic E-state index is 13.2. The molecule has 0 amide bonds.